The van der Waals surface area contributed by atoms with Crippen molar-refractivity contribution in [2.24, 2.45) is 0 Å². The van der Waals surface area contributed by atoms with Gasteiger partial charge >= 0.3 is 0 Å². The molecular formula is C17H15BrN2O3. The number of anilines is 1. The summed E-state index contributed by atoms with van der Waals surface area (Å²) < 4.78 is 11.4. The van der Waals surface area contributed by atoms with Gasteiger partial charge in [-0.1, -0.05) is 6.07 Å². The summed E-state index contributed by atoms with van der Waals surface area (Å²) in [5.41, 5.74) is 0.497. The van der Waals surface area contributed by atoms with Crippen molar-refractivity contribution in [3.05, 3.63) is 52.4 Å². The maximum absolute atomic E-state index is 12.2. The summed E-state index contributed by atoms with van der Waals surface area (Å²) in [4.78, 5) is 12.2. The van der Waals surface area contributed by atoms with Crippen molar-refractivity contribution in [1.82, 2.24) is 0 Å². The molecule has 0 saturated carbocycles. The number of halogens is 1. The average Bonchev–Trinajstić information content (AvgIpc) is 2.89. The Bertz CT molecular complexity index is 772. The molecule has 5 nitrogen and oxygen atoms in total. The van der Waals surface area contributed by atoms with Gasteiger partial charge in [0.2, 0.25) is 0 Å². The Morgan fingerprint density at radius 3 is 2.78 bits per heavy atom. The molecule has 6 heteroatoms. The molecule has 1 heterocycles. The van der Waals surface area contributed by atoms with E-state index in [-0.39, 0.29) is 11.7 Å². The summed E-state index contributed by atoms with van der Waals surface area (Å²) in [5, 5.41) is 11.8. The van der Waals surface area contributed by atoms with Gasteiger partial charge in [0.1, 0.15) is 23.2 Å². The number of carbonyl (C=O) groups is 1. The number of nitrogens with zero attached hydrogens (tertiary/aromatic N) is 1. The first-order valence-corrected chi connectivity index (χ1v) is 7.72. The van der Waals surface area contributed by atoms with E-state index in [9.17, 15) is 4.79 Å². The Kier molecular flexibility index (Phi) is 5.61. The summed E-state index contributed by atoms with van der Waals surface area (Å²) in [6.45, 7) is 3.84. The molecule has 23 heavy (non-hydrogen) atoms. The van der Waals surface area contributed by atoms with E-state index in [0.717, 1.165) is 0 Å². The van der Waals surface area contributed by atoms with E-state index < -0.39 is 5.91 Å². The lowest BCUT2D eigenvalue weighted by Crippen LogP contribution is -2.13. The number of furan rings is 1. The van der Waals surface area contributed by atoms with Crippen LogP contribution in [0, 0.1) is 11.3 Å². The minimum Gasteiger partial charge on any atom is -0.491 e. The van der Waals surface area contributed by atoms with Gasteiger partial charge in [-0.05, 0) is 54.0 Å². The molecule has 0 aliphatic rings. The third-order valence-electron chi connectivity index (χ3n) is 2.71. The second kappa shape index (κ2) is 7.65. The smallest absolute Gasteiger partial charge is 0.266 e. The fourth-order valence-electron chi connectivity index (χ4n) is 1.81. The van der Waals surface area contributed by atoms with Gasteiger partial charge in [0.15, 0.2) is 4.67 Å². The zero-order chi connectivity index (χ0) is 16.8. The van der Waals surface area contributed by atoms with Gasteiger partial charge in [0.25, 0.3) is 5.91 Å². The molecule has 0 aliphatic carbocycles. The highest BCUT2D eigenvalue weighted by Crippen LogP contribution is 2.20. The molecule has 0 atom stereocenters. The normalized spacial score (nSPS) is 11.2. The summed E-state index contributed by atoms with van der Waals surface area (Å²) >= 11 is 3.17. The molecule has 0 radical (unpaired) electrons. The largest absolute Gasteiger partial charge is 0.491 e. The fourth-order valence-corrected chi connectivity index (χ4v) is 2.13. The Morgan fingerprint density at radius 1 is 1.39 bits per heavy atom. The van der Waals surface area contributed by atoms with E-state index in [2.05, 4.69) is 21.2 Å². The third kappa shape index (κ3) is 5.01. The first kappa shape index (κ1) is 16.8. The van der Waals surface area contributed by atoms with E-state index in [4.69, 9.17) is 14.4 Å². The number of nitrogens with one attached hydrogen (secondary N) is 1. The molecule has 1 aromatic carbocycles. The van der Waals surface area contributed by atoms with Crippen LogP contribution in [0.15, 0.2) is 51.1 Å². The quantitative estimate of drug-likeness (QED) is 0.622. The van der Waals surface area contributed by atoms with Crippen molar-refractivity contribution in [2.75, 3.05) is 5.32 Å². The number of hydrogen-bond acceptors (Lipinski definition) is 4. The molecule has 1 aromatic heterocycles. The molecule has 1 N–H and O–H groups in total. The van der Waals surface area contributed by atoms with Crippen LogP contribution >= 0.6 is 15.9 Å². The van der Waals surface area contributed by atoms with E-state index in [0.29, 0.717) is 21.9 Å². The van der Waals surface area contributed by atoms with Crippen LogP contribution in [0.1, 0.15) is 19.6 Å². The predicted molar refractivity (Wildman–Crippen MR) is 90.8 cm³/mol. The van der Waals surface area contributed by atoms with E-state index in [1.54, 1.807) is 36.4 Å². The van der Waals surface area contributed by atoms with Crippen molar-refractivity contribution in [3.8, 4) is 11.8 Å². The molecule has 1 amide bonds. The van der Waals surface area contributed by atoms with Crippen LogP contribution < -0.4 is 10.1 Å². The molecule has 0 spiro atoms. The molecule has 0 aliphatic heterocycles. The van der Waals surface area contributed by atoms with Crippen molar-refractivity contribution < 1.29 is 13.9 Å². The first-order valence-electron chi connectivity index (χ1n) is 6.93. The molecule has 0 bridgehead atoms. The Labute approximate surface area is 142 Å². The maximum Gasteiger partial charge on any atom is 0.266 e. The average molecular weight is 375 g/mol. The number of benzene rings is 1. The zero-order valence-corrected chi connectivity index (χ0v) is 14.3. The van der Waals surface area contributed by atoms with Crippen LogP contribution in [0.25, 0.3) is 6.08 Å². The zero-order valence-electron chi connectivity index (χ0n) is 12.7. The van der Waals surface area contributed by atoms with Crippen LogP contribution in [0.5, 0.6) is 5.75 Å². The SMILES string of the molecule is CC(C)Oc1cccc(NC(=O)/C(C#N)=C\c2ccc(Br)o2)c1. The van der Waals surface area contributed by atoms with E-state index in [1.807, 2.05) is 19.9 Å². The third-order valence-corrected chi connectivity index (χ3v) is 3.14. The lowest BCUT2D eigenvalue weighted by molar-refractivity contribution is -0.112. The van der Waals surface area contributed by atoms with Crippen molar-refractivity contribution in [2.45, 2.75) is 20.0 Å². The summed E-state index contributed by atoms with van der Waals surface area (Å²) in [5.74, 6) is 0.553. The fraction of sp³-hybridized carbons (Fsp3) is 0.176. The van der Waals surface area contributed by atoms with Crippen LogP contribution in [-0.2, 0) is 4.79 Å². The van der Waals surface area contributed by atoms with Crippen LogP contribution in [0.4, 0.5) is 5.69 Å². The number of nitriles is 1. The van der Waals surface area contributed by atoms with Gasteiger partial charge < -0.3 is 14.5 Å². The molecule has 0 unspecified atom stereocenters. The minimum atomic E-state index is -0.512. The van der Waals surface area contributed by atoms with Crippen molar-refractivity contribution in [1.29, 1.82) is 5.26 Å². The number of amides is 1. The Hall–Kier alpha value is -2.52. The predicted octanol–water partition coefficient (Wildman–Crippen LogP) is 4.37. The number of ether oxygens (including phenoxy) is 1. The van der Waals surface area contributed by atoms with Crippen LogP contribution in [0.3, 0.4) is 0 Å². The minimum absolute atomic E-state index is 0.0351. The lowest BCUT2D eigenvalue weighted by Gasteiger charge is -2.11. The summed E-state index contributed by atoms with van der Waals surface area (Å²) in [6.07, 6.45) is 1.42. The van der Waals surface area contributed by atoms with Gasteiger partial charge in [-0.3, -0.25) is 4.79 Å². The monoisotopic (exact) mass is 374 g/mol. The molecular weight excluding hydrogens is 360 g/mol. The number of hydrogen-bond donors (Lipinski definition) is 1. The topological polar surface area (TPSA) is 75.3 Å². The first-order chi connectivity index (χ1) is 11.0. The highest BCUT2D eigenvalue weighted by Gasteiger charge is 2.11. The van der Waals surface area contributed by atoms with E-state index in [1.165, 1.54) is 6.08 Å². The molecule has 118 valence electrons. The summed E-state index contributed by atoms with van der Waals surface area (Å²) in [7, 11) is 0. The van der Waals surface area contributed by atoms with Crippen LogP contribution in [0.2, 0.25) is 0 Å². The van der Waals surface area contributed by atoms with Gasteiger partial charge in [-0.15, -0.1) is 0 Å². The lowest BCUT2D eigenvalue weighted by atomic mass is 10.2. The second-order valence-corrected chi connectivity index (χ2v) is 5.74. The molecule has 0 saturated heterocycles. The van der Waals surface area contributed by atoms with Gasteiger partial charge in [-0.2, -0.15) is 5.26 Å². The van der Waals surface area contributed by atoms with Gasteiger partial charge in [0.05, 0.1) is 6.10 Å². The molecule has 2 rings (SSSR count). The van der Waals surface area contributed by atoms with Gasteiger partial charge in [0, 0.05) is 17.8 Å². The highest BCUT2D eigenvalue weighted by atomic mass is 79.9. The second-order valence-electron chi connectivity index (χ2n) is 4.96. The van der Waals surface area contributed by atoms with E-state index >= 15 is 0 Å². The van der Waals surface area contributed by atoms with Crippen LogP contribution in [-0.4, -0.2) is 12.0 Å². The Balaban J connectivity index is 2.14. The molecule has 0 fully saturated rings. The summed E-state index contributed by atoms with van der Waals surface area (Å²) in [6, 6.07) is 12.2. The maximum atomic E-state index is 12.2. The highest BCUT2D eigenvalue weighted by molar-refractivity contribution is 9.10. The van der Waals surface area contributed by atoms with Crippen molar-refractivity contribution >= 4 is 33.6 Å². The van der Waals surface area contributed by atoms with Crippen molar-refractivity contribution in [3.63, 3.8) is 0 Å². The molecule has 2 aromatic rings. The standard InChI is InChI=1S/C17H15BrN2O3/c1-11(2)22-14-5-3-4-13(9-14)20-17(21)12(10-19)8-15-6-7-16(18)23-15/h3-9,11H,1-2H3,(H,20,21)/b12-8-. The van der Waals surface area contributed by atoms with Gasteiger partial charge in [-0.25, -0.2) is 0 Å². The number of carbonyl (C=O) groups excluding carboxylic acids is 1. The number of rotatable bonds is 5. The Morgan fingerprint density at radius 2 is 2.17 bits per heavy atom.